The molecule has 118 valence electrons. The minimum Gasteiger partial charge on any atom is -0.494 e. The van der Waals surface area contributed by atoms with Crippen molar-refractivity contribution < 1.29 is 9.47 Å². The Bertz CT molecular complexity index is 474. The van der Waals surface area contributed by atoms with Crippen LogP contribution in [0, 0.1) is 5.92 Å². The molecule has 2 unspecified atom stereocenters. The second-order valence-corrected chi connectivity index (χ2v) is 6.15. The fourth-order valence-electron chi connectivity index (χ4n) is 2.71. The van der Waals surface area contributed by atoms with Gasteiger partial charge in [0.05, 0.1) is 6.61 Å². The minimum atomic E-state index is 0.0961. The van der Waals surface area contributed by atoms with Gasteiger partial charge in [-0.2, -0.15) is 0 Å². The van der Waals surface area contributed by atoms with Crippen LogP contribution in [0.15, 0.2) is 12.1 Å². The van der Waals surface area contributed by atoms with Gasteiger partial charge in [0.2, 0.25) is 0 Å². The molecule has 4 heteroatoms. The zero-order valence-corrected chi connectivity index (χ0v) is 13.6. The Kier molecular flexibility index (Phi) is 5.48. The van der Waals surface area contributed by atoms with E-state index < -0.39 is 0 Å². The predicted molar refractivity (Wildman–Crippen MR) is 86.0 cm³/mol. The second kappa shape index (κ2) is 7.14. The van der Waals surface area contributed by atoms with Gasteiger partial charge in [-0.3, -0.25) is 0 Å². The highest BCUT2D eigenvalue weighted by Crippen LogP contribution is 2.37. The largest absolute Gasteiger partial charge is 0.494 e. The maximum Gasteiger partial charge on any atom is 0.124 e. The van der Waals surface area contributed by atoms with Crippen LogP contribution in [0.1, 0.15) is 44.9 Å². The molecule has 1 aromatic rings. The van der Waals surface area contributed by atoms with E-state index >= 15 is 0 Å². The zero-order valence-electron chi connectivity index (χ0n) is 13.6. The van der Waals surface area contributed by atoms with E-state index in [-0.39, 0.29) is 12.1 Å². The topological polar surface area (TPSA) is 56.5 Å². The number of benzene rings is 1. The smallest absolute Gasteiger partial charge is 0.124 e. The summed E-state index contributed by atoms with van der Waals surface area (Å²) in [6.45, 7) is 10.6. The Morgan fingerprint density at radius 2 is 2.19 bits per heavy atom. The summed E-state index contributed by atoms with van der Waals surface area (Å²) in [6.07, 6.45) is 1.19. The van der Waals surface area contributed by atoms with Crippen LogP contribution in [0.5, 0.6) is 11.5 Å². The quantitative estimate of drug-likeness (QED) is 0.811. The van der Waals surface area contributed by atoms with Gasteiger partial charge in [0.25, 0.3) is 0 Å². The molecule has 0 spiro atoms. The molecular weight excluding hydrogens is 264 g/mol. The second-order valence-electron chi connectivity index (χ2n) is 6.15. The zero-order chi connectivity index (χ0) is 15.4. The third-order valence-corrected chi connectivity index (χ3v) is 3.71. The molecule has 2 atom stereocenters. The molecule has 4 nitrogen and oxygen atoms in total. The van der Waals surface area contributed by atoms with Crippen molar-refractivity contribution in [3.05, 3.63) is 23.3 Å². The summed E-state index contributed by atoms with van der Waals surface area (Å²) < 4.78 is 11.7. The lowest BCUT2D eigenvalue weighted by Crippen LogP contribution is -2.31. The van der Waals surface area contributed by atoms with E-state index in [1.807, 2.05) is 6.92 Å². The summed E-state index contributed by atoms with van der Waals surface area (Å²) in [4.78, 5) is 0. The highest BCUT2D eigenvalue weighted by atomic mass is 16.5. The average molecular weight is 292 g/mol. The molecule has 0 saturated heterocycles. The monoisotopic (exact) mass is 292 g/mol. The van der Waals surface area contributed by atoms with Gasteiger partial charge in [-0.1, -0.05) is 13.8 Å². The van der Waals surface area contributed by atoms with Gasteiger partial charge in [0, 0.05) is 30.1 Å². The van der Waals surface area contributed by atoms with Crippen molar-refractivity contribution in [2.45, 2.75) is 46.3 Å². The van der Waals surface area contributed by atoms with E-state index in [2.05, 4.69) is 38.2 Å². The van der Waals surface area contributed by atoms with Gasteiger partial charge >= 0.3 is 0 Å². The first-order valence-corrected chi connectivity index (χ1v) is 7.94. The molecule has 1 aliphatic heterocycles. The van der Waals surface area contributed by atoms with Gasteiger partial charge in [-0.25, -0.2) is 0 Å². The van der Waals surface area contributed by atoms with Crippen molar-refractivity contribution in [2.75, 3.05) is 19.7 Å². The van der Waals surface area contributed by atoms with Crippen molar-refractivity contribution in [1.29, 1.82) is 0 Å². The lowest BCUT2D eigenvalue weighted by atomic mass is 10.0. The van der Waals surface area contributed by atoms with Gasteiger partial charge in [-0.05, 0) is 38.4 Å². The van der Waals surface area contributed by atoms with Crippen molar-refractivity contribution in [2.24, 2.45) is 11.7 Å². The van der Waals surface area contributed by atoms with Crippen LogP contribution < -0.4 is 20.5 Å². The Morgan fingerprint density at radius 1 is 1.43 bits per heavy atom. The number of nitrogens with one attached hydrogen (secondary N) is 1. The van der Waals surface area contributed by atoms with Crippen molar-refractivity contribution in [3.63, 3.8) is 0 Å². The van der Waals surface area contributed by atoms with Crippen LogP contribution in [-0.4, -0.2) is 25.8 Å². The Balaban J connectivity index is 2.29. The van der Waals surface area contributed by atoms with E-state index in [0.29, 0.717) is 19.1 Å². The molecule has 0 fully saturated rings. The fraction of sp³-hybridized carbons (Fsp3) is 0.647. The van der Waals surface area contributed by atoms with Crippen LogP contribution in [0.3, 0.4) is 0 Å². The molecule has 0 aliphatic carbocycles. The van der Waals surface area contributed by atoms with Crippen LogP contribution >= 0.6 is 0 Å². The molecule has 21 heavy (non-hydrogen) atoms. The SMILES string of the molecule is CCOc1cc2c(cc1C(CN)NCC(C)C)OC(C)C2. The molecule has 1 aromatic carbocycles. The first-order valence-electron chi connectivity index (χ1n) is 7.94. The lowest BCUT2D eigenvalue weighted by Gasteiger charge is -2.22. The Labute approximate surface area is 128 Å². The Hall–Kier alpha value is -1.26. The molecular formula is C17H28N2O2. The number of nitrogens with two attached hydrogens (primary N) is 1. The van der Waals surface area contributed by atoms with Gasteiger partial charge in [0.15, 0.2) is 0 Å². The molecule has 2 rings (SSSR count). The summed E-state index contributed by atoms with van der Waals surface area (Å²) in [5.74, 6) is 2.49. The van der Waals surface area contributed by atoms with E-state index in [4.69, 9.17) is 15.2 Å². The summed E-state index contributed by atoms with van der Waals surface area (Å²) in [6, 6.07) is 4.32. The number of rotatable bonds is 7. The molecule has 0 amide bonds. The van der Waals surface area contributed by atoms with E-state index in [9.17, 15) is 0 Å². The van der Waals surface area contributed by atoms with Crippen LogP contribution in [0.4, 0.5) is 0 Å². The number of ether oxygens (including phenoxy) is 2. The third-order valence-electron chi connectivity index (χ3n) is 3.71. The molecule has 0 radical (unpaired) electrons. The first-order chi connectivity index (χ1) is 10.0. The van der Waals surface area contributed by atoms with Gasteiger partial charge < -0.3 is 20.5 Å². The molecule has 0 bridgehead atoms. The summed E-state index contributed by atoms with van der Waals surface area (Å²) in [7, 11) is 0. The van der Waals surface area contributed by atoms with Crippen LogP contribution in [0.2, 0.25) is 0 Å². The van der Waals surface area contributed by atoms with Crippen molar-refractivity contribution in [3.8, 4) is 11.5 Å². The standard InChI is InChI=1S/C17H28N2O2/c1-5-20-17-7-13-6-12(4)21-16(13)8-14(17)15(9-18)19-10-11(2)3/h7-8,11-12,15,19H,5-6,9-10,18H2,1-4H3. The molecule has 3 N–H and O–H groups in total. The summed E-state index contributed by atoms with van der Waals surface area (Å²) in [5.41, 5.74) is 8.31. The van der Waals surface area contributed by atoms with Crippen LogP contribution in [-0.2, 0) is 6.42 Å². The van der Waals surface area contributed by atoms with Gasteiger partial charge in [0.1, 0.15) is 17.6 Å². The third kappa shape index (κ3) is 3.89. The normalized spacial score (nSPS) is 18.5. The van der Waals surface area contributed by atoms with Crippen molar-refractivity contribution >= 4 is 0 Å². The lowest BCUT2D eigenvalue weighted by molar-refractivity contribution is 0.254. The average Bonchev–Trinajstić information content (AvgIpc) is 2.78. The van der Waals surface area contributed by atoms with Crippen LogP contribution in [0.25, 0.3) is 0 Å². The Morgan fingerprint density at radius 3 is 2.81 bits per heavy atom. The maximum atomic E-state index is 5.97. The first kappa shape index (κ1) is 16.1. The van der Waals surface area contributed by atoms with Gasteiger partial charge in [-0.15, -0.1) is 0 Å². The fourth-order valence-corrected chi connectivity index (χ4v) is 2.71. The molecule has 0 saturated carbocycles. The van der Waals surface area contributed by atoms with E-state index in [1.165, 1.54) is 5.56 Å². The number of fused-ring (bicyclic) bond motifs is 1. The number of hydrogen-bond donors (Lipinski definition) is 2. The highest BCUT2D eigenvalue weighted by Gasteiger charge is 2.24. The predicted octanol–water partition coefficient (Wildman–Crippen LogP) is 2.65. The van der Waals surface area contributed by atoms with E-state index in [1.54, 1.807) is 0 Å². The molecule has 1 heterocycles. The summed E-state index contributed by atoms with van der Waals surface area (Å²) >= 11 is 0. The molecule has 0 aromatic heterocycles. The summed E-state index contributed by atoms with van der Waals surface area (Å²) in [5, 5.41) is 3.53. The van der Waals surface area contributed by atoms with E-state index in [0.717, 1.165) is 30.0 Å². The molecule has 1 aliphatic rings. The highest BCUT2D eigenvalue weighted by molar-refractivity contribution is 5.50. The number of hydrogen-bond acceptors (Lipinski definition) is 4. The maximum absolute atomic E-state index is 5.97. The minimum absolute atomic E-state index is 0.0961. The van der Waals surface area contributed by atoms with Crippen molar-refractivity contribution in [1.82, 2.24) is 5.32 Å².